The molecule has 0 saturated heterocycles. The standard InChI is InChI=1S/C16H25N3O/c1-17-14-9-6-5-8-13(14)15(20)19(4)12-16(18(2)3)10-7-11-16/h5-6,8-9,17H,7,10-12H2,1-4H3. The van der Waals surface area contributed by atoms with Crippen molar-refractivity contribution in [3.63, 3.8) is 0 Å². The summed E-state index contributed by atoms with van der Waals surface area (Å²) >= 11 is 0. The minimum atomic E-state index is 0.0862. The predicted molar refractivity (Wildman–Crippen MR) is 83.2 cm³/mol. The molecule has 1 aliphatic carbocycles. The lowest BCUT2D eigenvalue weighted by Crippen LogP contribution is -2.57. The molecule has 0 aromatic heterocycles. The maximum atomic E-state index is 12.6. The van der Waals surface area contributed by atoms with Crippen molar-refractivity contribution < 1.29 is 4.79 Å². The molecular formula is C16H25N3O. The van der Waals surface area contributed by atoms with Crippen molar-refractivity contribution in [1.29, 1.82) is 0 Å². The third kappa shape index (κ3) is 2.66. The molecule has 0 atom stereocenters. The SMILES string of the molecule is CNc1ccccc1C(=O)N(C)CC1(N(C)C)CCC1. The highest BCUT2D eigenvalue weighted by Crippen LogP contribution is 2.37. The van der Waals surface area contributed by atoms with Crippen LogP contribution in [0.25, 0.3) is 0 Å². The van der Waals surface area contributed by atoms with Crippen LogP contribution in [0.2, 0.25) is 0 Å². The van der Waals surface area contributed by atoms with E-state index in [4.69, 9.17) is 0 Å². The summed E-state index contributed by atoms with van der Waals surface area (Å²) in [5.74, 6) is 0.0862. The molecule has 0 spiro atoms. The minimum absolute atomic E-state index is 0.0862. The van der Waals surface area contributed by atoms with E-state index >= 15 is 0 Å². The molecule has 2 rings (SSSR count). The zero-order chi connectivity index (χ0) is 14.8. The summed E-state index contributed by atoms with van der Waals surface area (Å²) < 4.78 is 0. The lowest BCUT2D eigenvalue weighted by Gasteiger charge is -2.49. The molecule has 1 aromatic rings. The Hall–Kier alpha value is -1.55. The van der Waals surface area contributed by atoms with Crippen LogP contribution in [0.1, 0.15) is 29.6 Å². The number of para-hydroxylation sites is 1. The molecule has 0 heterocycles. The number of rotatable bonds is 5. The van der Waals surface area contributed by atoms with E-state index in [-0.39, 0.29) is 11.4 Å². The molecule has 1 N–H and O–H groups in total. The Bertz CT molecular complexity index is 480. The summed E-state index contributed by atoms with van der Waals surface area (Å²) in [6.45, 7) is 0.789. The topological polar surface area (TPSA) is 35.6 Å². The largest absolute Gasteiger partial charge is 0.387 e. The second kappa shape index (κ2) is 5.83. The number of likely N-dealkylation sites (N-methyl/N-ethyl adjacent to an activating group) is 2. The number of nitrogens with zero attached hydrogens (tertiary/aromatic N) is 2. The van der Waals surface area contributed by atoms with Crippen LogP contribution in [-0.2, 0) is 0 Å². The first-order chi connectivity index (χ1) is 9.50. The lowest BCUT2D eigenvalue weighted by atomic mass is 9.75. The molecule has 0 radical (unpaired) electrons. The summed E-state index contributed by atoms with van der Waals surface area (Å²) in [7, 11) is 7.97. The highest BCUT2D eigenvalue weighted by Gasteiger charge is 2.40. The van der Waals surface area contributed by atoms with E-state index in [1.54, 1.807) is 0 Å². The highest BCUT2D eigenvalue weighted by atomic mass is 16.2. The van der Waals surface area contributed by atoms with Crippen molar-refractivity contribution in [3.05, 3.63) is 29.8 Å². The molecule has 20 heavy (non-hydrogen) atoms. The van der Waals surface area contributed by atoms with Gasteiger partial charge >= 0.3 is 0 Å². The van der Waals surface area contributed by atoms with E-state index in [1.165, 1.54) is 19.3 Å². The van der Waals surface area contributed by atoms with Gasteiger partial charge in [0, 0.05) is 31.9 Å². The average Bonchev–Trinajstić information content (AvgIpc) is 2.41. The Balaban J connectivity index is 2.13. The van der Waals surface area contributed by atoms with Gasteiger partial charge in [-0.15, -0.1) is 0 Å². The number of nitrogens with one attached hydrogen (secondary N) is 1. The number of hydrogen-bond acceptors (Lipinski definition) is 3. The molecule has 1 saturated carbocycles. The van der Waals surface area contributed by atoms with Crippen LogP contribution in [0.5, 0.6) is 0 Å². The van der Waals surface area contributed by atoms with Crippen molar-refractivity contribution in [2.75, 3.05) is 40.1 Å². The molecule has 1 fully saturated rings. The molecule has 4 heteroatoms. The molecule has 4 nitrogen and oxygen atoms in total. The van der Waals surface area contributed by atoms with Crippen molar-refractivity contribution in [2.24, 2.45) is 0 Å². The number of carbonyl (C=O) groups excluding carboxylic acids is 1. The van der Waals surface area contributed by atoms with Gasteiger partial charge in [0.1, 0.15) is 0 Å². The summed E-state index contributed by atoms with van der Waals surface area (Å²) in [6.07, 6.45) is 3.60. The van der Waals surface area contributed by atoms with Crippen LogP contribution < -0.4 is 5.32 Å². The van der Waals surface area contributed by atoms with Gasteiger partial charge in [-0.25, -0.2) is 0 Å². The first kappa shape index (κ1) is 14.9. The van der Waals surface area contributed by atoms with Crippen LogP contribution in [-0.4, -0.2) is 56.0 Å². The molecule has 1 aliphatic rings. The lowest BCUT2D eigenvalue weighted by molar-refractivity contribution is 0.0253. The van der Waals surface area contributed by atoms with Crippen LogP contribution in [0.4, 0.5) is 5.69 Å². The second-order valence-electron chi connectivity index (χ2n) is 5.93. The molecule has 0 aliphatic heterocycles. The third-order valence-electron chi connectivity index (χ3n) is 4.54. The van der Waals surface area contributed by atoms with Gasteiger partial charge in [0.25, 0.3) is 5.91 Å². The fourth-order valence-electron chi connectivity index (χ4n) is 2.94. The first-order valence-corrected chi connectivity index (χ1v) is 7.20. The first-order valence-electron chi connectivity index (χ1n) is 7.20. The van der Waals surface area contributed by atoms with Crippen molar-refractivity contribution >= 4 is 11.6 Å². The molecule has 0 unspecified atom stereocenters. The Labute approximate surface area is 121 Å². The van der Waals surface area contributed by atoms with E-state index in [0.717, 1.165) is 17.8 Å². The molecule has 0 bridgehead atoms. The third-order valence-corrected chi connectivity index (χ3v) is 4.54. The van der Waals surface area contributed by atoms with Crippen LogP contribution in [0.3, 0.4) is 0 Å². The number of carbonyl (C=O) groups is 1. The summed E-state index contributed by atoms with van der Waals surface area (Å²) in [4.78, 5) is 16.8. The van der Waals surface area contributed by atoms with Crippen LogP contribution in [0, 0.1) is 0 Å². The van der Waals surface area contributed by atoms with Gasteiger partial charge in [-0.3, -0.25) is 4.79 Å². The fourth-order valence-corrected chi connectivity index (χ4v) is 2.94. The summed E-state index contributed by atoms with van der Waals surface area (Å²) in [5.41, 5.74) is 1.79. The number of hydrogen-bond donors (Lipinski definition) is 1. The maximum absolute atomic E-state index is 12.6. The van der Waals surface area contributed by atoms with E-state index in [2.05, 4.69) is 24.3 Å². The second-order valence-corrected chi connectivity index (χ2v) is 5.93. The molecule has 1 amide bonds. The van der Waals surface area contributed by atoms with E-state index in [0.29, 0.717) is 0 Å². The van der Waals surface area contributed by atoms with Gasteiger partial charge < -0.3 is 15.1 Å². The van der Waals surface area contributed by atoms with E-state index < -0.39 is 0 Å². The monoisotopic (exact) mass is 275 g/mol. The Kier molecular flexibility index (Phi) is 4.33. The molecule has 1 aromatic carbocycles. The van der Waals surface area contributed by atoms with Gasteiger partial charge in [-0.1, -0.05) is 12.1 Å². The number of amides is 1. The van der Waals surface area contributed by atoms with Crippen molar-refractivity contribution in [2.45, 2.75) is 24.8 Å². The van der Waals surface area contributed by atoms with E-state index in [9.17, 15) is 4.79 Å². The van der Waals surface area contributed by atoms with Gasteiger partial charge in [-0.05, 0) is 45.5 Å². The van der Waals surface area contributed by atoms with Gasteiger partial charge in [-0.2, -0.15) is 0 Å². The maximum Gasteiger partial charge on any atom is 0.255 e. The summed E-state index contributed by atoms with van der Waals surface area (Å²) in [6, 6.07) is 7.67. The quantitative estimate of drug-likeness (QED) is 0.895. The van der Waals surface area contributed by atoms with Gasteiger partial charge in [0.05, 0.1) is 5.56 Å². The van der Waals surface area contributed by atoms with Crippen molar-refractivity contribution in [1.82, 2.24) is 9.80 Å². The van der Waals surface area contributed by atoms with E-state index in [1.807, 2.05) is 43.3 Å². The molecular weight excluding hydrogens is 250 g/mol. The Morgan fingerprint density at radius 2 is 1.90 bits per heavy atom. The van der Waals surface area contributed by atoms with Crippen LogP contribution in [0.15, 0.2) is 24.3 Å². The molecule has 110 valence electrons. The van der Waals surface area contributed by atoms with Crippen LogP contribution >= 0.6 is 0 Å². The number of benzene rings is 1. The Morgan fingerprint density at radius 3 is 2.40 bits per heavy atom. The summed E-state index contributed by atoms with van der Waals surface area (Å²) in [5, 5.41) is 3.09. The highest BCUT2D eigenvalue weighted by molar-refractivity contribution is 5.99. The zero-order valence-corrected chi connectivity index (χ0v) is 12.9. The smallest absolute Gasteiger partial charge is 0.255 e. The predicted octanol–water partition coefficient (Wildman–Crippen LogP) is 2.28. The van der Waals surface area contributed by atoms with Gasteiger partial charge in [0.2, 0.25) is 0 Å². The number of anilines is 1. The normalized spacial score (nSPS) is 16.6. The minimum Gasteiger partial charge on any atom is -0.387 e. The fraction of sp³-hybridized carbons (Fsp3) is 0.562. The van der Waals surface area contributed by atoms with Crippen molar-refractivity contribution in [3.8, 4) is 0 Å². The van der Waals surface area contributed by atoms with Gasteiger partial charge in [0.15, 0.2) is 0 Å². The average molecular weight is 275 g/mol. The zero-order valence-electron chi connectivity index (χ0n) is 12.9. The Morgan fingerprint density at radius 1 is 1.25 bits per heavy atom.